The highest BCUT2D eigenvalue weighted by atomic mass is 16.5. The van der Waals surface area contributed by atoms with Crippen LogP contribution in [0.1, 0.15) is 22.8 Å². The van der Waals surface area contributed by atoms with Crippen LogP contribution in [0.2, 0.25) is 0 Å². The van der Waals surface area contributed by atoms with Crippen molar-refractivity contribution < 1.29 is 14.3 Å². The number of amides is 2. The average molecular weight is 415 g/mol. The zero-order chi connectivity index (χ0) is 21.8. The lowest BCUT2D eigenvalue weighted by atomic mass is 10.1. The second-order valence-corrected chi connectivity index (χ2v) is 7.49. The number of anilines is 3. The lowest BCUT2D eigenvalue weighted by Crippen LogP contribution is -2.40. The number of nitrogens with one attached hydrogen (secondary N) is 2. The number of hydrogen-bond acceptors (Lipinski definition) is 4. The summed E-state index contributed by atoms with van der Waals surface area (Å²) in [6.07, 6.45) is 0.882. The third-order valence-corrected chi connectivity index (χ3v) is 5.40. The molecule has 0 saturated carbocycles. The Morgan fingerprint density at radius 3 is 2.32 bits per heavy atom. The maximum atomic E-state index is 12.9. The van der Waals surface area contributed by atoms with Gasteiger partial charge in [0.2, 0.25) is 5.91 Å². The number of para-hydroxylation sites is 1. The van der Waals surface area contributed by atoms with Gasteiger partial charge in [0.15, 0.2) is 0 Å². The molecule has 0 spiro atoms. The zero-order valence-electron chi connectivity index (χ0n) is 17.6. The van der Waals surface area contributed by atoms with Crippen molar-refractivity contribution >= 4 is 28.9 Å². The highest BCUT2D eigenvalue weighted by molar-refractivity contribution is 6.04. The van der Waals surface area contributed by atoms with Crippen LogP contribution in [0.25, 0.3) is 0 Å². The van der Waals surface area contributed by atoms with Crippen LogP contribution in [-0.4, -0.2) is 31.5 Å². The molecule has 1 heterocycles. The van der Waals surface area contributed by atoms with Crippen LogP contribution in [0.15, 0.2) is 72.8 Å². The molecule has 3 aromatic rings. The van der Waals surface area contributed by atoms with E-state index in [1.807, 2.05) is 42.2 Å². The molecule has 2 N–H and O–H groups in total. The molecule has 31 heavy (non-hydrogen) atoms. The number of nitrogens with zero attached hydrogens (tertiary/aromatic N) is 1. The van der Waals surface area contributed by atoms with Crippen molar-refractivity contribution in [1.29, 1.82) is 0 Å². The van der Waals surface area contributed by atoms with Crippen LogP contribution in [0.3, 0.4) is 0 Å². The van der Waals surface area contributed by atoms with Gasteiger partial charge in [0, 0.05) is 29.2 Å². The molecule has 2 amide bonds. The first-order chi connectivity index (χ1) is 15.0. The lowest BCUT2D eigenvalue weighted by Gasteiger charge is -2.23. The van der Waals surface area contributed by atoms with Gasteiger partial charge in [-0.15, -0.1) is 0 Å². The average Bonchev–Trinajstić information content (AvgIpc) is 3.23. The molecule has 6 heteroatoms. The Kier molecular flexibility index (Phi) is 5.89. The van der Waals surface area contributed by atoms with Gasteiger partial charge in [0.05, 0.1) is 7.11 Å². The Bertz CT molecular complexity index is 1080. The summed E-state index contributed by atoms with van der Waals surface area (Å²) in [5.41, 5.74) is 4.21. The van der Waals surface area contributed by atoms with E-state index in [0.29, 0.717) is 17.8 Å². The van der Waals surface area contributed by atoms with Crippen LogP contribution in [-0.2, 0) is 11.2 Å². The van der Waals surface area contributed by atoms with Crippen molar-refractivity contribution in [3.05, 3.63) is 83.9 Å². The van der Waals surface area contributed by atoms with E-state index >= 15 is 0 Å². The van der Waals surface area contributed by atoms with E-state index in [2.05, 4.69) is 16.7 Å². The van der Waals surface area contributed by atoms with Gasteiger partial charge in [-0.3, -0.25) is 9.59 Å². The zero-order valence-corrected chi connectivity index (χ0v) is 17.6. The summed E-state index contributed by atoms with van der Waals surface area (Å²) in [5, 5.41) is 6.10. The van der Waals surface area contributed by atoms with Crippen molar-refractivity contribution in [3.63, 3.8) is 0 Å². The van der Waals surface area contributed by atoms with Gasteiger partial charge in [0.25, 0.3) is 5.91 Å². The van der Waals surface area contributed by atoms with Crippen molar-refractivity contribution in [2.75, 3.05) is 29.2 Å². The van der Waals surface area contributed by atoms with E-state index in [4.69, 9.17) is 4.74 Å². The summed E-state index contributed by atoms with van der Waals surface area (Å²) >= 11 is 0. The number of ether oxygens (including phenoxy) is 1. The van der Waals surface area contributed by atoms with Gasteiger partial charge >= 0.3 is 0 Å². The molecule has 1 aliphatic heterocycles. The van der Waals surface area contributed by atoms with Gasteiger partial charge in [-0.25, -0.2) is 0 Å². The predicted molar refractivity (Wildman–Crippen MR) is 123 cm³/mol. The van der Waals surface area contributed by atoms with Gasteiger partial charge in [-0.2, -0.15) is 0 Å². The van der Waals surface area contributed by atoms with E-state index in [1.54, 1.807) is 43.5 Å². The van der Waals surface area contributed by atoms with Gasteiger partial charge in [-0.1, -0.05) is 18.2 Å². The fourth-order valence-electron chi connectivity index (χ4n) is 3.71. The van der Waals surface area contributed by atoms with Crippen molar-refractivity contribution in [2.45, 2.75) is 19.4 Å². The number of fused-ring (bicyclic) bond motifs is 1. The van der Waals surface area contributed by atoms with E-state index < -0.39 is 0 Å². The van der Waals surface area contributed by atoms with Crippen LogP contribution in [0.5, 0.6) is 5.75 Å². The highest BCUT2D eigenvalue weighted by Gasteiger charge is 2.27. The highest BCUT2D eigenvalue weighted by Crippen LogP contribution is 2.28. The van der Waals surface area contributed by atoms with Crippen molar-refractivity contribution in [1.82, 2.24) is 0 Å². The maximum Gasteiger partial charge on any atom is 0.255 e. The number of benzene rings is 3. The molecular weight excluding hydrogens is 390 g/mol. The Morgan fingerprint density at radius 2 is 1.61 bits per heavy atom. The third kappa shape index (κ3) is 4.53. The van der Waals surface area contributed by atoms with Crippen LogP contribution in [0.4, 0.5) is 17.1 Å². The second-order valence-electron chi connectivity index (χ2n) is 7.49. The Hall–Kier alpha value is -3.80. The molecule has 1 aliphatic rings. The number of carbonyl (C=O) groups excluding carboxylic acids is 2. The summed E-state index contributed by atoms with van der Waals surface area (Å²) in [6, 6.07) is 21.9. The first kappa shape index (κ1) is 20.5. The number of rotatable bonds is 6. The van der Waals surface area contributed by atoms with Crippen molar-refractivity contribution in [3.8, 4) is 5.75 Å². The smallest absolute Gasteiger partial charge is 0.255 e. The molecule has 158 valence electrons. The van der Waals surface area contributed by atoms with E-state index in [-0.39, 0.29) is 17.9 Å². The summed E-state index contributed by atoms with van der Waals surface area (Å²) in [5.74, 6) is 0.565. The Morgan fingerprint density at radius 1 is 0.935 bits per heavy atom. The minimum absolute atomic E-state index is 0.0336. The second kappa shape index (κ2) is 8.92. The van der Waals surface area contributed by atoms with E-state index in [9.17, 15) is 9.59 Å². The van der Waals surface area contributed by atoms with Gasteiger partial charge < -0.3 is 20.3 Å². The molecule has 6 nitrogen and oxygen atoms in total. The molecule has 4 rings (SSSR count). The fraction of sp³-hybridized carbons (Fsp3) is 0.200. The third-order valence-electron chi connectivity index (χ3n) is 5.40. The molecule has 0 radical (unpaired) electrons. The van der Waals surface area contributed by atoms with Gasteiger partial charge in [0.1, 0.15) is 11.8 Å². The Labute approximate surface area is 181 Å². The normalized spacial score (nSPS) is 13.3. The largest absolute Gasteiger partial charge is 0.497 e. The molecule has 3 aromatic carbocycles. The molecule has 0 saturated heterocycles. The standard InChI is InChI=1S/C25H25N3O3/c1-17(25(30)28-16-15-18-5-3-4-6-23(18)28)26-20-9-7-19(8-10-20)24(29)27-21-11-13-22(31-2)14-12-21/h3-14,17,26H,15-16H2,1-2H3,(H,27,29). The van der Waals surface area contributed by atoms with Crippen molar-refractivity contribution in [2.24, 2.45) is 0 Å². The maximum absolute atomic E-state index is 12.9. The van der Waals surface area contributed by atoms with Crippen LogP contribution < -0.4 is 20.3 Å². The Balaban J connectivity index is 1.36. The minimum Gasteiger partial charge on any atom is -0.497 e. The van der Waals surface area contributed by atoms with E-state index in [1.165, 1.54) is 5.56 Å². The van der Waals surface area contributed by atoms with Gasteiger partial charge in [-0.05, 0) is 73.5 Å². The fourth-order valence-corrected chi connectivity index (χ4v) is 3.71. The molecule has 0 bridgehead atoms. The summed E-state index contributed by atoms with van der Waals surface area (Å²) < 4.78 is 5.12. The quantitative estimate of drug-likeness (QED) is 0.628. The molecule has 0 aromatic heterocycles. The molecule has 1 unspecified atom stereocenters. The van der Waals surface area contributed by atoms with E-state index in [0.717, 1.165) is 23.5 Å². The number of methoxy groups -OCH3 is 1. The number of carbonyl (C=O) groups is 2. The summed E-state index contributed by atoms with van der Waals surface area (Å²) in [7, 11) is 1.60. The molecular formula is C25H25N3O3. The molecule has 0 fully saturated rings. The minimum atomic E-state index is -0.384. The van der Waals surface area contributed by atoms with Crippen LogP contribution in [0, 0.1) is 0 Å². The lowest BCUT2D eigenvalue weighted by molar-refractivity contribution is -0.118. The summed E-state index contributed by atoms with van der Waals surface area (Å²) in [6.45, 7) is 2.56. The number of hydrogen-bond donors (Lipinski definition) is 2. The van der Waals surface area contributed by atoms with Crippen LogP contribution >= 0.6 is 0 Å². The SMILES string of the molecule is COc1ccc(NC(=O)c2ccc(NC(C)C(=O)N3CCc4ccccc43)cc2)cc1. The molecule has 1 atom stereocenters. The predicted octanol–water partition coefficient (Wildman–Crippen LogP) is 4.34. The summed E-state index contributed by atoms with van der Waals surface area (Å²) in [4.78, 5) is 27.2. The molecule has 0 aliphatic carbocycles. The monoisotopic (exact) mass is 415 g/mol. The first-order valence-electron chi connectivity index (χ1n) is 10.3. The topological polar surface area (TPSA) is 70.7 Å². The first-order valence-corrected chi connectivity index (χ1v) is 10.3.